The first-order valence-corrected chi connectivity index (χ1v) is 15.4. The van der Waals surface area contributed by atoms with E-state index in [-0.39, 0.29) is 5.92 Å². The maximum absolute atomic E-state index is 13.7. The molecule has 2 aromatic carbocycles. The number of hydrogen-bond donors (Lipinski definition) is 3. The Labute approximate surface area is 254 Å². The first-order valence-electron chi connectivity index (χ1n) is 14.6. The SMILES string of the molecule is Cc1nc(C(OC(=O)C(N)Cc2c[nH]c3ccccc23)C2CCNCC2)c2c(C)cn(-c3c(C)cc(Br)cc3C)c2n1. The van der Waals surface area contributed by atoms with Gasteiger partial charge in [-0.2, -0.15) is 0 Å². The van der Waals surface area contributed by atoms with Crippen LogP contribution in [0.4, 0.5) is 0 Å². The third-order valence-electron chi connectivity index (χ3n) is 8.41. The number of para-hydroxylation sites is 1. The van der Waals surface area contributed by atoms with Gasteiger partial charge in [0.25, 0.3) is 0 Å². The van der Waals surface area contributed by atoms with Gasteiger partial charge in [0.2, 0.25) is 0 Å². The number of aromatic nitrogens is 4. The predicted octanol–water partition coefficient (Wildman–Crippen LogP) is 6.05. The van der Waals surface area contributed by atoms with Crippen LogP contribution < -0.4 is 11.1 Å². The molecule has 0 aliphatic carbocycles. The lowest BCUT2D eigenvalue weighted by Gasteiger charge is -2.31. The van der Waals surface area contributed by atoms with Gasteiger partial charge in [-0.05, 0) is 94.1 Å². The Morgan fingerprint density at radius 1 is 1.10 bits per heavy atom. The maximum atomic E-state index is 13.7. The maximum Gasteiger partial charge on any atom is 0.323 e. The van der Waals surface area contributed by atoms with Crippen LogP contribution in [0, 0.1) is 33.6 Å². The summed E-state index contributed by atoms with van der Waals surface area (Å²) in [6, 6.07) is 11.5. The van der Waals surface area contributed by atoms with Gasteiger partial charge < -0.3 is 25.3 Å². The van der Waals surface area contributed by atoms with E-state index < -0.39 is 18.1 Å². The zero-order chi connectivity index (χ0) is 29.5. The Kier molecular flexibility index (Phi) is 7.91. The minimum absolute atomic E-state index is 0.117. The van der Waals surface area contributed by atoms with Gasteiger partial charge in [-0.1, -0.05) is 34.1 Å². The number of rotatable bonds is 7. The molecule has 1 aliphatic rings. The second kappa shape index (κ2) is 11.6. The molecule has 3 aromatic heterocycles. The fourth-order valence-corrected chi connectivity index (χ4v) is 7.15. The molecule has 0 saturated carbocycles. The standard InChI is InChI=1S/C33H37BrN6O2/c1-18-13-24(34)14-19(2)30(18)40-17-20(3)28-29(38-21(4)39-32(28)40)31(22-9-11-36-12-10-22)42-33(41)26(35)15-23-16-37-27-8-6-5-7-25(23)27/h5-8,13-14,16-17,22,26,31,36-37H,9-12,15,35H2,1-4H3. The summed E-state index contributed by atoms with van der Waals surface area (Å²) >= 11 is 3.63. The molecule has 9 heteroatoms. The number of piperidine rings is 1. The van der Waals surface area contributed by atoms with Crippen molar-refractivity contribution in [1.82, 2.24) is 24.8 Å². The quantitative estimate of drug-likeness (QED) is 0.189. The molecular weight excluding hydrogens is 592 g/mol. The normalized spacial score (nSPS) is 15.8. The molecule has 0 amide bonds. The molecule has 6 rings (SSSR count). The Morgan fingerprint density at radius 3 is 2.55 bits per heavy atom. The third kappa shape index (κ3) is 5.37. The van der Waals surface area contributed by atoms with Gasteiger partial charge in [0.1, 0.15) is 23.6 Å². The first-order chi connectivity index (χ1) is 20.2. The smallest absolute Gasteiger partial charge is 0.323 e. The number of nitrogens with zero attached hydrogens (tertiary/aromatic N) is 3. The molecule has 2 unspecified atom stereocenters. The van der Waals surface area contributed by atoms with E-state index in [2.05, 4.69) is 69.9 Å². The molecular formula is C33H37BrN6O2. The number of carbonyl (C=O) groups is 1. The second-order valence-corrected chi connectivity index (χ2v) is 12.5. The summed E-state index contributed by atoms with van der Waals surface area (Å²) in [5.74, 6) is 0.346. The van der Waals surface area contributed by atoms with E-state index in [4.69, 9.17) is 20.4 Å². The Balaban J connectivity index is 1.40. The topological polar surface area (TPSA) is 111 Å². The van der Waals surface area contributed by atoms with Crippen molar-refractivity contribution in [2.45, 2.75) is 59.1 Å². The number of hydrogen-bond acceptors (Lipinski definition) is 6. The Bertz CT molecular complexity index is 1760. The fourth-order valence-electron chi connectivity index (χ4n) is 6.47. The van der Waals surface area contributed by atoms with Gasteiger partial charge in [-0.15, -0.1) is 0 Å². The molecule has 4 N–H and O–H groups in total. The molecule has 0 bridgehead atoms. The number of carbonyl (C=O) groups excluding carboxylic acids is 1. The fraction of sp³-hybridized carbons (Fsp3) is 0.364. The Hall–Kier alpha value is -3.53. The van der Waals surface area contributed by atoms with E-state index in [0.717, 1.165) is 86.0 Å². The van der Waals surface area contributed by atoms with Gasteiger partial charge in [-0.25, -0.2) is 9.97 Å². The third-order valence-corrected chi connectivity index (χ3v) is 8.87. The number of esters is 1. The zero-order valence-corrected chi connectivity index (χ0v) is 26.1. The van der Waals surface area contributed by atoms with Crippen molar-refractivity contribution >= 4 is 43.8 Å². The second-order valence-electron chi connectivity index (χ2n) is 11.5. The minimum atomic E-state index is -0.800. The average molecular weight is 630 g/mol. The summed E-state index contributed by atoms with van der Waals surface area (Å²) in [6.07, 6.45) is 5.67. The van der Waals surface area contributed by atoms with Crippen LogP contribution in [-0.2, 0) is 16.0 Å². The monoisotopic (exact) mass is 628 g/mol. The van der Waals surface area contributed by atoms with Gasteiger partial charge in [-0.3, -0.25) is 4.79 Å². The van der Waals surface area contributed by atoms with Gasteiger partial charge in [0, 0.05) is 45.5 Å². The summed E-state index contributed by atoms with van der Waals surface area (Å²) in [5, 5.41) is 5.44. The number of aromatic amines is 1. The van der Waals surface area contributed by atoms with Crippen LogP contribution in [0.3, 0.4) is 0 Å². The van der Waals surface area contributed by atoms with E-state index in [9.17, 15) is 4.79 Å². The lowest BCUT2D eigenvalue weighted by molar-refractivity contribution is -0.154. The highest BCUT2D eigenvalue weighted by molar-refractivity contribution is 9.10. The average Bonchev–Trinajstić information content (AvgIpc) is 3.51. The van der Waals surface area contributed by atoms with Crippen LogP contribution in [0.25, 0.3) is 27.6 Å². The number of ether oxygens (including phenoxy) is 1. The first kappa shape index (κ1) is 28.6. The molecule has 1 fully saturated rings. The molecule has 42 heavy (non-hydrogen) atoms. The van der Waals surface area contributed by atoms with Crippen LogP contribution in [0.1, 0.15) is 52.7 Å². The molecule has 5 aromatic rings. The van der Waals surface area contributed by atoms with Crippen LogP contribution in [0.5, 0.6) is 0 Å². The highest BCUT2D eigenvalue weighted by atomic mass is 79.9. The zero-order valence-electron chi connectivity index (χ0n) is 24.5. The number of aryl methyl sites for hydroxylation is 4. The molecule has 218 valence electrons. The van der Waals surface area contributed by atoms with Gasteiger partial charge in [0.05, 0.1) is 11.4 Å². The molecule has 8 nitrogen and oxygen atoms in total. The van der Waals surface area contributed by atoms with E-state index in [1.54, 1.807) is 0 Å². The lowest BCUT2D eigenvalue weighted by atomic mass is 9.88. The van der Waals surface area contributed by atoms with Crippen LogP contribution in [-0.4, -0.2) is 44.6 Å². The van der Waals surface area contributed by atoms with Crippen molar-refractivity contribution in [3.8, 4) is 5.69 Å². The van der Waals surface area contributed by atoms with E-state index >= 15 is 0 Å². The van der Waals surface area contributed by atoms with Crippen molar-refractivity contribution in [2.24, 2.45) is 11.7 Å². The van der Waals surface area contributed by atoms with Crippen molar-refractivity contribution in [1.29, 1.82) is 0 Å². The van der Waals surface area contributed by atoms with Crippen LogP contribution in [0.2, 0.25) is 0 Å². The van der Waals surface area contributed by atoms with Crippen LogP contribution >= 0.6 is 15.9 Å². The number of nitrogens with one attached hydrogen (secondary N) is 2. The number of H-pyrrole nitrogens is 1. The summed E-state index contributed by atoms with van der Waals surface area (Å²) < 4.78 is 9.59. The van der Waals surface area contributed by atoms with Gasteiger partial charge in [0.15, 0.2) is 0 Å². The highest BCUT2D eigenvalue weighted by Gasteiger charge is 2.34. The lowest BCUT2D eigenvalue weighted by Crippen LogP contribution is -2.38. The summed E-state index contributed by atoms with van der Waals surface area (Å²) in [5.41, 5.74) is 14.5. The molecule has 0 radical (unpaired) electrons. The predicted molar refractivity (Wildman–Crippen MR) is 170 cm³/mol. The highest BCUT2D eigenvalue weighted by Crippen LogP contribution is 2.38. The molecule has 1 aliphatic heterocycles. The van der Waals surface area contributed by atoms with E-state index in [0.29, 0.717) is 12.2 Å². The summed E-state index contributed by atoms with van der Waals surface area (Å²) in [4.78, 5) is 26.8. The van der Waals surface area contributed by atoms with Crippen molar-refractivity contribution < 1.29 is 9.53 Å². The number of nitrogens with two attached hydrogens (primary N) is 1. The number of fused-ring (bicyclic) bond motifs is 2. The number of benzene rings is 2. The summed E-state index contributed by atoms with van der Waals surface area (Å²) in [6.45, 7) is 9.93. The molecule has 2 atom stereocenters. The van der Waals surface area contributed by atoms with E-state index in [1.807, 2.05) is 37.4 Å². The molecule has 4 heterocycles. The van der Waals surface area contributed by atoms with E-state index in [1.165, 1.54) is 0 Å². The van der Waals surface area contributed by atoms with Crippen LogP contribution in [0.15, 0.2) is 53.3 Å². The number of halogens is 1. The largest absolute Gasteiger partial charge is 0.454 e. The van der Waals surface area contributed by atoms with Crippen molar-refractivity contribution in [3.63, 3.8) is 0 Å². The molecule has 0 spiro atoms. The van der Waals surface area contributed by atoms with Crippen molar-refractivity contribution in [3.05, 3.63) is 87.0 Å². The summed E-state index contributed by atoms with van der Waals surface area (Å²) in [7, 11) is 0. The van der Waals surface area contributed by atoms with Crippen molar-refractivity contribution in [2.75, 3.05) is 13.1 Å². The van der Waals surface area contributed by atoms with Gasteiger partial charge >= 0.3 is 5.97 Å². The Morgan fingerprint density at radius 2 is 1.81 bits per heavy atom. The molecule has 1 saturated heterocycles. The minimum Gasteiger partial charge on any atom is -0.454 e.